The molecule has 3 N–H and O–H groups in total. The van der Waals surface area contributed by atoms with E-state index in [0.29, 0.717) is 18.0 Å². The highest BCUT2D eigenvalue weighted by molar-refractivity contribution is 7.09. The van der Waals surface area contributed by atoms with Gasteiger partial charge in [0.2, 0.25) is 11.0 Å². The minimum atomic E-state index is -4.59. The zero-order valence-electron chi connectivity index (χ0n) is 8.95. The van der Waals surface area contributed by atoms with Crippen LogP contribution in [0.5, 0.6) is 0 Å². The Morgan fingerprint density at radius 3 is 2.24 bits per heavy atom. The number of aliphatic hydroxyl groups excluding tert-OH is 2. The van der Waals surface area contributed by atoms with Crippen molar-refractivity contribution in [1.82, 2.24) is 9.36 Å². The molecule has 0 radical (unpaired) electrons. The first kappa shape index (κ1) is 14.1. The summed E-state index contributed by atoms with van der Waals surface area (Å²) in [6.07, 6.45) is -4.26. The van der Waals surface area contributed by atoms with Crippen molar-refractivity contribution in [2.75, 3.05) is 18.5 Å². The first-order valence-electron chi connectivity index (χ1n) is 4.77. The van der Waals surface area contributed by atoms with Crippen molar-refractivity contribution in [2.24, 2.45) is 0 Å². The van der Waals surface area contributed by atoms with Gasteiger partial charge in [-0.1, -0.05) is 6.92 Å². The van der Waals surface area contributed by atoms with Crippen LogP contribution in [0, 0.1) is 0 Å². The van der Waals surface area contributed by atoms with Gasteiger partial charge >= 0.3 is 6.18 Å². The highest BCUT2D eigenvalue weighted by atomic mass is 32.1. The Morgan fingerprint density at radius 1 is 1.29 bits per heavy atom. The third-order valence-corrected chi connectivity index (χ3v) is 2.96. The number of aliphatic hydroxyl groups is 2. The third-order valence-electron chi connectivity index (χ3n) is 2.33. The van der Waals surface area contributed by atoms with E-state index in [9.17, 15) is 13.2 Å². The van der Waals surface area contributed by atoms with Crippen LogP contribution in [0.3, 0.4) is 0 Å². The van der Waals surface area contributed by atoms with E-state index in [1.165, 1.54) is 0 Å². The average Bonchev–Trinajstić information content (AvgIpc) is 2.74. The van der Waals surface area contributed by atoms with Crippen LogP contribution in [0.1, 0.15) is 19.2 Å². The Kier molecular flexibility index (Phi) is 4.28. The monoisotopic (exact) mass is 271 g/mol. The van der Waals surface area contributed by atoms with Crippen molar-refractivity contribution < 1.29 is 23.4 Å². The summed E-state index contributed by atoms with van der Waals surface area (Å²) in [5.74, 6) is -1.23. The summed E-state index contributed by atoms with van der Waals surface area (Å²) in [7, 11) is 0. The van der Waals surface area contributed by atoms with E-state index in [0.717, 1.165) is 0 Å². The fraction of sp³-hybridized carbons (Fsp3) is 0.750. The molecule has 0 atom stereocenters. The molecule has 1 rings (SSSR count). The number of aromatic nitrogens is 2. The molecule has 9 heteroatoms. The number of halogens is 3. The Bertz CT molecular complexity index is 357. The first-order chi connectivity index (χ1) is 7.87. The lowest BCUT2D eigenvalue weighted by Gasteiger charge is -2.29. The van der Waals surface area contributed by atoms with Crippen LogP contribution in [0.25, 0.3) is 0 Å². The number of alkyl halides is 3. The quantitative estimate of drug-likeness (QED) is 0.747. The summed E-state index contributed by atoms with van der Waals surface area (Å²) in [6.45, 7) is 0.854. The van der Waals surface area contributed by atoms with Gasteiger partial charge in [0.15, 0.2) is 0 Å². The highest BCUT2D eigenvalue weighted by Gasteiger charge is 2.37. The molecule has 1 aromatic heterocycles. The molecule has 0 amide bonds. The van der Waals surface area contributed by atoms with E-state index in [4.69, 9.17) is 10.2 Å². The smallest absolute Gasteiger partial charge is 0.394 e. The molecule has 1 heterocycles. The van der Waals surface area contributed by atoms with Gasteiger partial charge in [-0.2, -0.15) is 22.5 Å². The molecule has 0 aromatic carbocycles. The van der Waals surface area contributed by atoms with Gasteiger partial charge < -0.3 is 15.5 Å². The summed E-state index contributed by atoms with van der Waals surface area (Å²) in [6, 6.07) is 0. The summed E-state index contributed by atoms with van der Waals surface area (Å²) >= 11 is 0.535. The summed E-state index contributed by atoms with van der Waals surface area (Å²) < 4.78 is 39.9. The van der Waals surface area contributed by atoms with E-state index in [1.54, 1.807) is 6.92 Å². The van der Waals surface area contributed by atoms with Crippen LogP contribution in [0.4, 0.5) is 18.3 Å². The van der Waals surface area contributed by atoms with Gasteiger partial charge in [-0.15, -0.1) is 0 Å². The van der Waals surface area contributed by atoms with Crippen LogP contribution in [0.2, 0.25) is 0 Å². The summed E-state index contributed by atoms with van der Waals surface area (Å²) in [5.41, 5.74) is -1.08. The van der Waals surface area contributed by atoms with Gasteiger partial charge in [0.1, 0.15) is 0 Å². The van der Waals surface area contributed by atoms with Crippen LogP contribution < -0.4 is 5.32 Å². The number of anilines is 1. The largest absolute Gasteiger partial charge is 0.452 e. The van der Waals surface area contributed by atoms with E-state index in [-0.39, 0.29) is 5.13 Å². The van der Waals surface area contributed by atoms with Gasteiger partial charge in [-0.05, 0) is 6.42 Å². The lowest BCUT2D eigenvalue weighted by Crippen LogP contribution is -2.45. The normalized spacial score (nSPS) is 12.8. The average molecular weight is 271 g/mol. The molecule has 0 bridgehead atoms. The molecule has 0 saturated heterocycles. The Labute approximate surface area is 99.5 Å². The zero-order valence-corrected chi connectivity index (χ0v) is 9.77. The number of rotatable bonds is 5. The standard InChI is InChI=1S/C8H12F3N3O2S/c1-2-7(3-15,4-16)13-6-12-5(14-17-6)8(9,10)11/h15-16H,2-4H2,1H3,(H,12,13,14). The van der Waals surface area contributed by atoms with Crippen molar-refractivity contribution >= 4 is 16.7 Å². The molecule has 0 spiro atoms. The molecule has 17 heavy (non-hydrogen) atoms. The number of nitrogens with one attached hydrogen (secondary N) is 1. The van der Waals surface area contributed by atoms with Crippen molar-refractivity contribution in [3.8, 4) is 0 Å². The second-order valence-corrected chi connectivity index (χ2v) is 4.25. The van der Waals surface area contributed by atoms with Gasteiger partial charge in [-0.25, -0.2) is 0 Å². The van der Waals surface area contributed by atoms with E-state index in [1.807, 2.05) is 0 Å². The van der Waals surface area contributed by atoms with Crippen LogP contribution in [0.15, 0.2) is 0 Å². The SMILES string of the molecule is CCC(CO)(CO)Nc1nc(C(F)(F)F)ns1. The van der Waals surface area contributed by atoms with Gasteiger partial charge in [0.05, 0.1) is 18.8 Å². The Morgan fingerprint density at radius 2 is 1.88 bits per heavy atom. The maximum Gasteiger partial charge on any atom is 0.452 e. The Hall–Kier alpha value is -0.930. The van der Waals surface area contributed by atoms with Crippen molar-refractivity contribution in [1.29, 1.82) is 0 Å². The zero-order chi connectivity index (χ0) is 13.1. The van der Waals surface area contributed by atoms with Crippen LogP contribution >= 0.6 is 11.5 Å². The lowest BCUT2D eigenvalue weighted by atomic mass is 9.99. The van der Waals surface area contributed by atoms with E-state index in [2.05, 4.69) is 14.7 Å². The molecule has 0 aliphatic heterocycles. The van der Waals surface area contributed by atoms with Crippen molar-refractivity contribution in [3.63, 3.8) is 0 Å². The van der Waals surface area contributed by atoms with Gasteiger partial charge in [-0.3, -0.25) is 0 Å². The fourth-order valence-electron chi connectivity index (χ4n) is 1.06. The van der Waals surface area contributed by atoms with Crippen molar-refractivity contribution in [2.45, 2.75) is 25.1 Å². The lowest BCUT2D eigenvalue weighted by molar-refractivity contribution is -0.144. The van der Waals surface area contributed by atoms with Gasteiger partial charge in [0, 0.05) is 11.5 Å². The second-order valence-electron chi connectivity index (χ2n) is 3.50. The van der Waals surface area contributed by atoms with E-state index >= 15 is 0 Å². The Balaban J connectivity index is 2.85. The first-order valence-corrected chi connectivity index (χ1v) is 5.55. The topological polar surface area (TPSA) is 78.3 Å². The predicted octanol–water partition coefficient (Wildman–Crippen LogP) is 1.10. The molecule has 98 valence electrons. The third kappa shape index (κ3) is 3.27. The fourth-order valence-corrected chi connectivity index (χ4v) is 1.76. The second kappa shape index (κ2) is 5.15. The van der Waals surface area contributed by atoms with Crippen molar-refractivity contribution in [3.05, 3.63) is 5.82 Å². The minimum Gasteiger partial charge on any atom is -0.394 e. The highest BCUT2D eigenvalue weighted by Crippen LogP contribution is 2.30. The van der Waals surface area contributed by atoms with Gasteiger partial charge in [0.25, 0.3) is 0 Å². The minimum absolute atomic E-state index is 0.0812. The number of hydrogen-bond donors (Lipinski definition) is 3. The number of nitrogens with zero attached hydrogens (tertiary/aromatic N) is 2. The molecule has 0 fully saturated rings. The summed E-state index contributed by atoms with van der Waals surface area (Å²) in [5, 5.41) is 20.7. The molecular formula is C8H12F3N3O2S. The summed E-state index contributed by atoms with van der Waals surface area (Å²) in [4.78, 5) is 3.26. The predicted molar refractivity (Wildman–Crippen MR) is 55.7 cm³/mol. The molecule has 1 aromatic rings. The molecular weight excluding hydrogens is 259 g/mol. The van der Waals surface area contributed by atoms with Crippen LogP contribution in [-0.2, 0) is 6.18 Å². The maximum absolute atomic E-state index is 12.2. The molecule has 0 saturated carbocycles. The molecule has 0 aliphatic rings. The molecule has 0 aliphatic carbocycles. The molecule has 0 unspecified atom stereocenters. The molecule has 5 nitrogen and oxygen atoms in total. The number of hydrogen-bond acceptors (Lipinski definition) is 6. The maximum atomic E-state index is 12.2. The van der Waals surface area contributed by atoms with E-state index < -0.39 is 30.8 Å². The van der Waals surface area contributed by atoms with Crippen LogP contribution in [-0.4, -0.2) is 38.3 Å².